The smallest absolute Gasteiger partial charge is 0.146 e. The van der Waals surface area contributed by atoms with Gasteiger partial charge in [-0.1, -0.05) is 32.9 Å². The monoisotopic (exact) mass is 284 g/mol. The molecule has 4 heteroatoms. The van der Waals surface area contributed by atoms with Gasteiger partial charge in [-0.25, -0.2) is 0 Å². The van der Waals surface area contributed by atoms with Gasteiger partial charge in [0.15, 0.2) is 0 Å². The molecule has 0 N–H and O–H groups in total. The zero-order valence-electron chi connectivity index (χ0n) is 12.2. The standard InChI is InChI=1S/C15H24O3S/c1-15(2,3)13-9-12(5-6-14(13)19)10-17-7-8-18-11-16-4/h5-6,9,19H,7-8,10-11H2,1-4H3. The summed E-state index contributed by atoms with van der Waals surface area (Å²) in [7, 11) is 1.61. The summed E-state index contributed by atoms with van der Waals surface area (Å²) in [6.45, 7) is 8.57. The van der Waals surface area contributed by atoms with E-state index in [0.717, 1.165) is 10.5 Å². The number of benzene rings is 1. The Balaban J connectivity index is 2.47. The quantitative estimate of drug-likeness (QED) is 0.472. The maximum atomic E-state index is 5.57. The number of thiol groups is 1. The molecule has 0 heterocycles. The van der Waals surface area contributed by atoms with Crippen LogP contribution in [-0.4, -0.2) is 27.1 Å². The van der Waals surface area contributed by atoms with E-state index in [-0.39, 0.29) is 5.41 Å². The molecule has 0 bridgehead atoms. The third kappa shape index (κ3) is 5.95. The molecule has 0 aliphatic heterocycles. The molecule has 0 aliphatic rings. The number of ether oxygens (including phenoxy) is 3. The van der Waals surface area contributed by atoms with Crippen LogP contribution in [0.1, 0.15) is 31.9 Å². The lowest BCUT2D eigenvalue weighted by Crippen LogP contribution is -2.13. The van der Waals surface area contributed by atoms with E-state index in [1.54, 1.807) is 7.11 Å². The average molecular weight is 284 g/mol. The molecule has 1 aromatic carbocycles. The van der Waals surface area contributed by atoms with E-state index in [2.05, 4.69) is 39.5 Å². The van der Waals surface area contributed by atoms with Crippen LogP contribution in [-0.2, 0) is 26.2 Å². The highest BCUT2D eigenvalue weighted by Crippen LogP contribution is 2.29. The van der Waals surface area contributed by atoms with Crippen molar-refractivity contribution in [3.8, 4) is 0 Å². The van der Waals surface area contributed by atoms with E-state index >= 15 is 0 Å². The highest BCUT2D eigenvalue weighted by Gasteiger charge is 2.16. The fraction of sp³-hybridized carbons (Fsp3) is 0.600. The Labute approximate surface area is 121 Å². The summed E-state index contributed by atoms with van der Waals surface area (Å²) in [5.74, 6) is 0. The van der Waals surface area contributed by atoms with Crippen molar-refractivity contribution in [1.29, 1.82) is 0 Å². The summed E-state index contributed by atoms with van der Waals surface area (Å²) in [4.78, 5) is 1.03. The maximum Gasteiger partial charge on any atom is 0.146 e. The molecule has 19 heavy (non-hydrogen) atoms. The van der Waals surface area contributed by atoms with Crippen molar-refractivity contribution in [3.05, 3.63) is 29.3 Å². The van der Waals surface area contributed by atoms with Gasteiger partial charge in [0.2, 0.25) is 0 Å². The zero-order chi connectivity index (χ0) is 14.3. The van der Waals surface area contributed by atoms with E-state index in [0.29, 0.717) is 26.6 Å². The molecule has 0 radical (unpaired) electrons. The first-order chi connectivity index (χ1) is 8.95. The topological polar surface area (TPSA) is 27.7 Å². The minimum absolute atomic E-state index is 0.0919. The lowest BCUT2D eigenvalue weighted by molar-refractivity contribution is -0.0526. The first-order valence-electron chi connectivity index (χ1n) is 6.42. The summed E-state index contributed by atoms with van der Waals surface area (Å²) in [6.07, 6.45) is 0. The summed E-state index contributed by atoms with van der Waals surface area (Å²) in [5, 5.41) is 0. The van der Waals surface area contributed by atoms with Gasteiger partial charge in [0.05, 0.1) is 19.8 Å². The normalized spacial score (nSPS) is 11.8. The maximum absolute atomic E-state index is 5.57. The minimum atomic E-state index is 0.0919. The summed E-state index contributed by atoms with van der Waals surface area (Å²) in [5.41, 5.74) is 2.50. The van der Waals surface area contributed by atoms with Gasteiger partial charge < -0.3 is 14.2 Å². The van der Waals surface area contributed by atoms with Gasteiger partial charge in [-0.15, -0.1) is 12.6 Å². The second kappa shape index (κ2) is 7.90. The Kier molecular flexibility index (Phi) is 6.86. The summed E-state index contributed by atoms with van der Waals surface area (Å²) >= 11 is 4.51. The van der Waals surface area contributed by atoms with Crippen molar-refractivity contribution in [1.82, 2.24) is 0 Å². The lowest BCUT2D eigenvalue weighted by Gasteiger charge is -2.22. The molecule has 0 aliphatic carbocycles. The summed E-state index contributed by atoms with van der Waals surface area (Å²) in [6, 6.07) is 6.25. The van der Waals surface area contributed by atoms with Gasteiger partial charge in [0.1, 0.15) is 6.79 Å². The highest BCUT2D eigenvalue weighted by atomic mass is 32.1. The average Bonchev–Trinajstić information content (AvgIpc) is 2.34. The number of methoxy groups -OCH3 is 1. The second-order valence-electron chi connectivity index (χ2n) is 5.47. The Morgan fingerprint density at radius 2 is 1.79 bits per heavy atom. The highest BCUT2D eigenvalue weighted by molar-refractivity contribution is 7.80. The van der Waals surface area contributed by atoms with Crippen LogP contribution < -0.4 is 0 Å². The number of hydrogen-bond donors (Lipinski definition) is 1. The van der Waals surface area contributed by atoms with Gasteiger partial charge >= 0.3 is 0 Å². The van der Waals surface area contributed by atoms with Crippen molar-refractivity contribution in [3.63, 3.8) is 0 Å². The minimum Gasteiger partial charge on any atom is -0.374 e. The molecule has 108 valence electrons. The molecular formula is C15H24O3S. The largest absolute Gasteiger partial charge is 0.374 e. The van der Waals surface area contributed by atoms with Crippen molar-refractivity contribution in [2.75, 3.05) is 27.1 Å². The fourth-order valence-corrected chi connectivity index (χ4v) is 2.20. The summed E-state index contributed by atoms with van der Waals surface area (Å²) < 4.78 is 15.5. The SMILES string of the molecule is COCOCCOCc1ccc(S)c(C(C)(C)C)c1. The molecule has 0 unspecified atom stereocenters. The Bertz CT molecular complexity index is 385. The van der Waals surface area contributed by atoms with E-state index in [9.17, 15) is 0 Å². The molecule has 0 atom stereocenters. The van der Waals surface area contributed by atoms with Crippen LogP contribution in [0, 0.1) is 0 Å². The van der Waals surface area contributed by atoms with Gasteiger partial charge in [-0.05, 0) is 22.6 Å². The fourth-order valence-electron chi connectivity index (χ4n) is 1.72. The van der Waals surface area contributed by atoms with Crippen molar-refractivity contribution in [2.45, 2.75) is 37.7 Å². The van der Waals surface area contributed by atoms with Crippen molar-refractivity contribution < 1.29 is 14.2 Å². The van der Waals surface area contributed by atoms with E-state index in [1.807, 2.05) is 12.1 Å². The predicted octanol–water partition coefficient (Wildman–Crippen LogP) is 3.41. The van der Waals surface area contributed by atoms with Crippen LogP contribution in [0.25, 0.3) is 0 Å². The molecule has 0 aromatic heterocycles. The van der Waals surface area contributed by atoms with Gasteiger partial charge in [-0.2, -0.15) is 0 Å². The predicted molar refractivity (Wildman–Crippen MR) is 79.9 cm³/mol. The molecule has 0 saturated heterocycles. The van der Waals surface area contributed by atoms with Crippen LogP contribution in [0.5, 0.6) is 0 Å². The van der Waals surface area contributed by atoms with Crippen LogP contribution in [0.3, 0.4) is 0 Å². The Morgan fingerprint density at radius 1 is 1.11 bits per heavy atom. The zero-order valence-corrected chi connectivity index (χ0v) is 13.1. The Morgan fingerprint density at radius 3 is 2.42 bits per heavy atom. The van der Waals surface area contributed by atoms with Crippen molar-refractivity contribution >= 4 is 12.6 Å². The first kappa shape index (κ1) is 16.5. The van der Waals surface area contributed by atoms with E-state index in [1.165, 1.54) is 5.56 Å². The molecule has 1 rings (SSSR count). The van der Waals surface area contributed by atoms with Gasteiger partial charge in [0, 0.05) is 12.0 Å². The molecular weight excluding hydrogens is 260 g/mol. The molecule has 1 aromatic rings. The van der Waals surface area contributed by atoms with Crippen LogP contribution in [0.2, 0.25) is 0 Å². The van der Waals surface area contributed by atoms with Crippen molar-refractivity contribution in [2.24, 2.45) is 0 Å². The number of hydrogen-bond acceptors (Lipinski definition) is 4. The molecule has 3 nitrogen and oxygen atoms in total. The molecule has 0 fully saturated rings. The van der Waals surface area contributed by atoms with Crippen LogP contribution >= 0.6 is 12.6 Å². The van der Waals surface area contributed by atoms with Gasteiger partial charge in [-0.3, -0.25) is 0 Å². The van der Waals surface area contributed by atoms with E-state index in [4.69, 9.17) is 14.2 Å². The lowest BCUT2D eigenvalue weighted by atomic mass is 9.86. The molecule has 0 amide bonds. The molecule has 0 saturated carbocycles. The molecule has 0 spiro atoms. The third-order valence-corrected chi connectivity index (χ3v) is 3.10. The Hall–Kier alpha value is -0.550. The van der Waals surface area contributed by atoms with Crippen LogP contribution in [0.15, 0.2) is 23.1 Å². The number of rotatable bonds is 7. The van der Waals surface area contributed by atoms with Crippen LogP contribution in [0.4, 0.5) is 0 Å². The van der Waals surface area contributed by atoms with E-state index < -0.39 is 0 Å². The first-order valence-corrected chi connectivity index (χ1v) is 6.86. The third-order valence-electron chi connectivity index (χ3n) is 2.71. The van der Waals surface area contributed by atoms with Gasteiger partial charge in [0.25, 0.3) is 0 Å². The second-order valence-corrected chi connectivity index (χ2v) is 5.95.